The Morgan fingerprint density at radius 2 is 2.05 bits per heavy atom. The lowest BCUT2D eigenvalue weighted by molar-refractivity contribution is 0.415. The van der Waals surface area contributed by atoms with E-state index in [2.05, 4.69) is 53.3 Å². The van der Waals surface area contributed by atoms with Crippen LogP contribution in [-0.2, 0) is 19.0 Å². The monoisotopic (exact) mass is 351 g/mol. The van der Waals surface area contributed by atoms with Gasteiger partial charge in [0.25, 0.3) is 0 Å². The molecular formula is C16H22BrN3O. The van der Waals surface area contributed by atoms with Crippen molar-refractivity contribution in [3.63, 3.8) is 0 Å². The summed E-state index contributed by atoms with van der Waals surface area (Å²) < 4.78 is 8.16. The van der Waals surface area contributed by atoms with E-state index in [0.717, 1.165) is 28.1 Å². The molecule has 114 valence electrons. The first kappa shape index (κ1) is 15.9. The van der Waals surface area contributed by atoms with E-state index in [9.17, 15) is 0 Å². The van der Waals surface area contributed by atoms with E-state index in [1.807, 2.05) is 29.9 Å². The summed E-state index contributed by atoms with van der Waals surface area (Å²) in [5.41, 5.74) is 3.37. The number of hydrogen-bond acceptors (Lipinski definition) is 3. The Labute approximate surface area is 134 Å². The summed E-state index contributed by atoms with van der Waals surface area (Å²) in [6.07, 6.45) is 2.07. The molecule has 2 aromatic rings. The van der Waals surface area contributed by atoms with Gasteiger partial charge in [0.05, 0.1) is 18.5 Å². The zero-order valence-electron chi connectivity index (χ0n) is 13.2. The molecule has 0 spiro atoms. The summed E-state index contributed by atoms with van der Waals surface area (Å²) in [4.78, 5) is 0. The number of halogens is 1. The Morgan fingerprint density at radius 3 is 2.67 bits per heavy atom. The minimum Gasteiger partial charge on any atom is -0.497 e. The van der Waals surface area contributed by atoms with Crippen molar-refractivity contribution in [1.29, 1.82) is 0 Å². The first-order chi connectivity index (χ1) is 9.81. The number of nitrogens with zero attached hydrogens (tertiary/aromatic N) is 2. The van der Waals surface area contributed by atoms with Crippen molar-refractivity contribution in [2.75, 3.05) is 12.4 Å². The molecule has 0 saturated heterocycles. The lowest BCUT2D eigenvalue weighted by Gasteiger charge is -2.18. The van der Waals surface area contributed by atoms with Crippen LogP contribution in [0, 0.1) is 0 Å². The molecule has 1 aromatic carbocycles. The standard InChI is InChI=1S/C16H22BrN3O/c1-16(2,3)15-11(10-20(4)19-15)9-18-14-8-12(21-5)6-7-13(14)17/h6-8,10,18H,9H2,1-5H3. The molecule has 0 atom stereocenters. The molecule has 1 aromatic heterocycles. The second-order valence-corrected chi connectivity index (χ2v) is 6.98. The molecule has 0 aliphatic heterocycles. The minimum atomic E-state index is 0.0316. The first-order valence-corrected chi connectivity index (χ1v) is 7.71. The third kappa shape index (κ3) is 3.79. The van der Waals surface area contributed by atoms with Gasteiger partial charge >= 0.3 is 0 Å². The van der Waals surface area contributed by atoms with Crippen LogP contribution in [0.5, 0.6) is 5.75 Å². The second kappa shape index (κ2) is 6.10. The van der Waals surface area contributed by atoms with Crippen LogP contribution >= 0.6 is 15.9 Å². The first-order valence-electron chi connectivity index (χ1n) is 6.91. The number of aryl methyl sites for hydroxylation is 1. The normalized spacial score (nSPS) is 11.5. The maximum atomic E-state index is 5.27. The number of anilines is 1. The largest absolute Gasteiger partial charge is 0.497 e. The van der Waals surface area contributed by atoms with Crippen LogP contribution in [0.3, 0.4) is 0 Å². The molecule has 0 saturated carbocycles. The molecule has 0 bridgehead atoms. The quantitative estimate of drug-likeness (QED) is 0.900. The molecule has 0 fully saturated rings. The van der Waals surface area contributed by atoms with Gasteiger partial charge in [0.2, 0.25) is 0 Å². The number of ether oxygens (including phenoxy) is 1. The SMILES string of the molecule is COc1ccc(Br)c(NCc2cn(C)nc2C(C)(C)C)c1. The van der Waals surface area contributed by atoms with Gasteiger partial charge < -0.3 is 10.1 Å². The van der Waals surface area contributed by atoms with Crippen LogP contribution in [0.25, 0.3) is 0 Å². The van der Waals surface area contributed by atoms with E-state index in [1.165, 1.54) is 5.56 Å². The van der Waals surface area contributed by atoms with Gasteiger partial charge in [-0.2, -0.15) is 5.10 Å². The van der Waals surface area contributed by atoms with Gasteiger partial charge in [-0.05, 0) is 28.1 Å². The van der Waals surface area contributed by atoms with Crippen molar-refractivity contribution in [2.45, 2.75) is 32.7 Å². The van der Waals surface area contributed by atoms with Crippen molar-refractivity contribution in [3.8, 4) is 5.75 Å². The van der Waals surface area contributed by atoms with E-state index in [0.29, 0.717) is 0 Å². The average Bonchev–Trinajstić information content (AvgIpc) is 2.79. The van der Waals surface area contributed by atoms with Crippen molar-refractivity contribution < 1.29 is 4.74 Å². The number of benzene rings is 1. The highest BCUT2D eigenvalue weighted by Crippen LogP contribution is 2.29. The summed E-state index contributed by atoms with van der Waals surface area (Å²) in [5, 5.41) is 8.04. The topological polar surface area (TPSA) is 39.1 Å². The van der Waals surface area contributed by atoms with Gasteiger partial charge in [-0.1, -0.05) is 20.8 Å². The maximum Gasteiger partial charge on any atom is 0.121 e. The van der Waals surface area contributed by atoms with Gasteiger partial charge in [0, 0.05) is 41.3 Å². The summed E-state index contributed by atoms with van der Waals surface area (Å²) >= 11 is 3.56. The second-order valence-electron chi connectivity index (χ2n) is 6.13. The Kier molecular flexibility index (Phi) is 4.61. The highest BCUT2D eigenvalue weighted by atomic mass is 79.9. The van der Waals surface area contributed by atoms with E-state index in [1.54, 1.807) is 7.11 Å². The Balaban J connectivity index is 2.21. The predicted molar refractivity (Wildman–Crippen MR) is 89.9 cm³/mol. The number of methoxy groups -OCH3 is 1. The van der Waals surface area contributed by atoms with E-state index < -0.39 is 0 Å². The summed E-state index contributed by atoms with van der Waals surface area (Å²) in [5.74, 6) is 0.836. The molecule has 21 heavy (non-hydrogen) atoms. The Morgan fingerprint density at radius 1 is 1.33 bits per heavy atom. The van der Waals surface area contributed by atoms with E-state index >= 15 is 0 Å². The zero-order valence-corrected chi connectivity index (χ0v) is 14.8. The molecule has 0 amide bonds. The molecule has 1 N–H and O–H groups in total. The molecular weight excluding hydrogens is 330 g/mol. The zero-order chi connectivity index (χ0) is 15.6. The average molecular weight is 352 g/mol. The summed E-state index contributed by atoms with van der Waals surface area (Å²) in [6.45, 7) is 7.27. The van der Waals surface area contributed by atoms with Gasteiger partial charge in [-0.3, -0.25) is 4.68 Å². The Hall–Kier alpha value is -1.49. The summed E-state index contributed by atoms with van der Waals surface area (Å²) in [6, 6.07) is 5.90. The fourth-order valence-corrected chi connectivity index (χ4v) is 2.64. The van der Waals surface area contributed by atoms with Crippen LogP contribution in [0.15, 0.2) is 28.9 Å². The van der Waals surface area contributed by atoms with Gasteiger partial charge in [-0.25, -0.2) is 0 Å². The van der Waals surface area contributed by atoms with Gasteiger partial charge in [0.15, 0.2) is 0 Å². The number of hydrogen-bond donors (Lipinski definition) is 1. The van der Waals surface area contributed by atoms with Crippen LogP contribution < -0.4 is 10.1 Å². The lowest BCUT2D eigenvalue weighted by Crippen LogP contribution is -2.16. The Bertz CT molecular complexity index is 629. The van der Waals surface area contributed by atoms with Crippen LogP contribution in [-0.4, -0.2) is 16.9 Å². The van der Waals surface area contributed by atoms with Crippen molar-refractivity contribution in [2.24, 2.45) is 7.05 Å². The third-order valence-corrected chi connectivity index (χ3v) is 3.95. The van der Waals surface area contributed by atoms with Crippen LogP contribution in [0.2, 0.25) is 0 Å². The lowest BCUT2D eigenvalue weighted by atomic mass is 9.89. The minimum absolute atomic E-state index is 0.0316. The van der Waals surface area contributed by atoms with Crippen LogP contribution in [0.1, 0.15) is 32.0 Å². The number of rotatable bonds is 4. The fraction of sp³-hybridized carbons (Fsp3) is 0.438. The fourth-order valence-electron chi connectivity index (χ4n) is 2.26. The van der Waals surface area contributed by atoms with Gasteiger partial charge in [-0.15, -0.1) is 0 Å². The maximum absolute atomic E-state index is 5.27. The number of nitrogens with one attached hydrogen (secondary N) is 1. The summed E-state index contributed by atoms with van der Waals surface area (Å²) in [7, 11) is 3.63. The van der Waals surface area contributed by atoms with Crippen LogP contribution in [0.4, 0.5) is 5.69 Å². The van der Waals surface area contributed by atoms with E-state index in [-0.39, 0.29) is 5.41 Å². The van der Waals surface area contributed by atoms with Crippen molar-refractivity contribution >= 4 is 21.6 Å². The molecule has 1 heterocycles. The highest BCUT2D eigenvalue weighted by Gasteiger charge is 2.21. The van der Waals surface area contributed by atoms with Crippen molar-refractivity contribution in [3.05, 3.63) is 40.1 Å². The highest BCUT2D eigenvalue weighted by molar-refractivity contribution is 9.10. The molecule has 5 heteroatoms. The molecule has 0 unspecified atom stereocenters. The predicted octanol–water partition coefficient (Wildman–Crippen LogP) is 4.10. The molecule has 0 aliphatic carbocycles. The third-order valence-electron chi connectivity index (χ3n) is 3.26. The smallest absolute Gasteiger partial charge is 0.121 e. The molecule has 0 aliphatic rings. The van der Waals surface area contributed by atoms with Gasteiger partial charge in [0.1, 0.15) is 5.75 Å². The van der Waals surface area contributed by atoms with Crippen molar-refractivity contribution in [1.82, 2.24) is 9.78 Å². The number of aromatic nitrogens is 2. The molecule has 0 radical (unpaired) electrons. The molecule has 4 nitrogen and oxygen atoms in total. The van der Waals surface area contributed by atoms with E-state index in [4.69, 9.17) is 4.74 Å². The molecule has 2 rings (SSSR count).